The van der Waals surface area contributed by atoms with Crippen LogP contribution in [0.3, 0.4) is 0 Å². The number of nitriles is 1. The van der Waals surface area contributed by atoms with Crippen molar-refractivity contribution in [1.29, 1.82) is 5.26 Å². The Labute approximate surface area is 131 Å². The molecule has 5 nitrogen and oxygen atoms in total. The molecule has 0 saturated carbocycles. The molecule has 0 aromatic heterocycles. The Morgan fingerprint density at radius 1 is 1.32 bits per heavy atom. The van der Waals surface area contributed by atoms with E-state index in [1.54, 1.807) is 11.8 Å². The Morgan fingerprint density at radius 3 is 2.45 bits per heavy atom. The molecule has 0 fully saturated rings. The Balaban J connectivity index is 2.57. The van der Waals surface area contributed by atoms with E-state index in [1.165, 1.54) is 6.92 Å². The van der Waals surface area contributed by atoms with Crippen molar-refractivity contribution in [1.82, 2.24) is 10.2 Å². The minimum atomic E-state index is -0.850. The van der Waals surface area contributed by atoms with Gasteiger partial charge in [-0.05, 0) is 18.9 Å². The molecule has 1 N–H and O–H groups in total. The van der Waals surface area contributed by atoms with Crippen molar-refractivity contribution in [2.24, 2.45) is 0 Å². The van der Waals surface area contributed by atoms with E-state index in [4.69, 9.17) is 5.26 Å². The number of carbonyl (C=O) groups is 2. The van der Waals surface area contributed by atoms with Crippen LogP contribution in [0, 0.1) is 11.3 Å². The molecule has 1 atom stereocenters. The lowest BCUT2D eigenvalue weighted by Crippen LogP contribution is -2.45. The van der Waals surface area contributed by atoms with Crippen molar-refractivity contribution in [2.75, 3.05) is 6.54 Å². The normalized spacial score (nSPS) is 12.8. The predicted octanol–water partition coefficient (Wildman–Crippen LogP) is 2.23. The molecule has 0 aliphatic carbocycles. The Hall–Kier alpha value is -2.35. The van der Waals surface area contributed by atoms with Gasteiger partial charge in [-0.3, -0.25) is 9.59 Å². The van der Waals surface area contributed by atoms with Crippen LogP contribution < -0.4 is 5.32 Å². The first-order valence-electron chi connectivity index (χ1n) is 7.42. The summed E-state index contributed by atoms with van der Waals surface area (Å²) in [6.45, 7) is 5.85. The van der Waals surface area contributed by atoms with Gasteiger partial charge in [-0.15, -0.1) is 0 Å². The van der Waals surface area contributed by atoms with E-state index in [9.17, 15) is 9.59 Å². The van der Waals surface area contributed by atoms with Crippen LogP contribution in [0.5, 0.6) is 0 Å². The van der Waals surface area contributed by atoms with E-state index < -0.39 is 5.54 Å². The highest BCUT2D eigenvalue weighted by molar-refractivity contribution is 5.79. The van der Waals surface area contributed by atoms with E-state index in [0.29, 0.717) is 19.5 Å². The molecule has 0 aliphatic rings. The fraction of sp³-hybridized carbons (Fsp3) is 0.471. The molecule has 118 valence electrons. The number of amides is 2. The summed E-state index contributed by atoms with van der Waals surface area (Å²) in [5.74, 6) is -0.291. The minimum absolute atomic E-state index is 0.0739. The summed E-state index contributed by atoms with van der Waals surface area (Å²) in [7, 11) is 0. The molecule has 1 rings (SSSR count). The lowest BCUT2D eigenvalue weighted by molar-refractivity contribution is -0.130. The van der Waals surface area contributed by atoms with E-state index in [0.717, 1.165) is 5.56 Å². The van der Waals surface area contributed by atoms with Gasteiger partial charge in [0.15, 0.2) is 0 Å². The predicted molar refractivity (Wildman–Crippen MR) is 84.6 cm³/mol. The van der Waals surface area contributed by atoms with Crippen molar-refractivity contribution in [2.45, 2.75) is 45.7 Å². The van der Waals surface area contributed by atoms with Crippen molar-refractivity contribution in [3.05, 3.63) is 35.9 Å². The molecule has 0 saturated heterocycles. The standard InChI is InChI=1S/C17H23N3O2/c1-4-17(3,13-18)19-16(22)10-11-20(14(2)21)12-15-8-6-5-7-9-15/h5-9H,4,10-12H2,1-3H3,(H,19,22). The number of hydrogen-bond donors (Lipinski definition) is 1. The summed E-state index contributed by atoms with van der Waals surface area (Å²) in [6.07, 6.45) is 0.722. The van der Waals surface area contributed by atoms with Gasteiger partial charge in [-0.2, -0.15) is 5.26 Å². The molecule has 0 bridgehead atoms. The summed E-state index contributed by atoms with van der Waals surface area (Å²) in [6, 6.07) is 11.7. The molecule has 1 unspecified atom stereocenters. The number of nitrogens with zero attached hydrogens (tertiary/aromatic N) is 2. The first-order chi connectivity index (χ1) is 10.4. The largest absolute Gasteiger partial charge is 0.338 e. The van der Waals surface area contributed by atoms with E-state index in [2.05, 4.69) is 11.4 Å². The zero-order valence-corrected chi connectivity index (χ0v) is 13.4. The molecular formula is C17H23N3O2. The first-order valence-corrected chi connectivity index (χ1v) is 7.42. The van der Waals surface area contributed by atoms with Crippen LogP contribution in [0.15, 0.2) is 30.3 Å². The van der Waals surface area contributed by atoms with Crippen molar-refractivity contribution in [3.8, 4) is 6.07 Å². The second-order valence-electron chi connectivity index (χ2n) is 5.52. The van der Waals surface area contributed by atoms with Crippen molar-refractivity contribution in [3.63, 3.8) is 0 Å². The summed E-state index contributed by atoms with van der Waals surface area (Å²) in [5.41, 5.74) is 0.172. The van der Waals surface area contributed by atoms with Gasteiger partial charge in [-0.25, -0.2) is 0 Å². The van der Waals surface area contributed by atoms with Crippen LogP contribution in [0.1, 0.15) is 39.2 Å². The summed E-state index contributed by atoms with van der Waals surface area (Å²) >= 11 is 0. The summed E-state index contributed by atoms with van der Waals surface area (Å²) in [4.78, 5) is 25.3. The van der Waals surface area contributed by atoms with Gasteiger partial charge < -0.3 is 10.2 Å². The molecule has 1 aromatic rings. The molecule has 0 radical (unpaired) electrons. The summed E-state index contributed by atoms with van der Waals surface area (Å²) in [5, 5.41) is 11.8. The van der Waals surface area contributed by atoms with Crippen LogP contribution >= 0.6 is 0 Å². The Bertz CT molecular complexity index is 551. The highest BCUT2D eigenvalue weighted by Gasteiger charge is 2.23. The van der Waals surface area contributed by atoms with Gasteiger partial charge in [0.25, 0.3) is 0 Å². The van der Waals surface area contributed by atoms with Crippen LogP contribution in [-0.4, -0.2) is 28.8 Å². The third-order valence-corrected chi connectivity index (χ3v) is 3.64. The van der Waals surface area contributed by atoms with E-state index >= 15 is 0 Å². The monoisotopic (exact) mass is 301 g/mol. The van der Waals surface area contributed by atoms with Gasteiger partial charge in [0.1, 0.15) is 5.54 Å². The van der Waals surface area contributed by atoms with Gasteiger partial charge in [0.05, 0.1) is 6.07 Å². The van der Waals surface area contributed by atoms with E-state index in [1.807, 2.05) is 37.3 Å². The van der Waals surface area contributed by atoms with Crippen molar-refractivity contribution < 1.29 is 9.59 Å². The Morgan fingerprint density at radius 2 is 1.95 bits per heavy atom. The second-order valence-corrected chi connectivity index (χ2v) is 5.52. The third kappa shape index (κ3) is 5.57. The van der Waals surface area contributed by atoms with Gasteiger partial charge >= 0.3 is 0 Å². The minimum Gasteiger partial charge on any atom is -0.338 e. The average molecular weight is 301 g/mol. The SMILES string of the molecule is CCC(C)(C#N)NC(=O)CCN(Cc1ccccc1)C(C)=O. The number of rotatable bonds is 7. The zero-order valence-electron chi connectivity index (χ0n) is 13.4. The average Bonchev–Trinajstić information content (AvgIpc) is 2.52. The Kier molecular flexibility index (Phi) is 6.58. The molecule has 0 spiro atoms. The van der Waals surface area contributed by atoms with Gasteiger partial charge in [0.2, 0.25) is 11.8 Å². The van der Waals surface area contributed by atoms with Gasteiger partial charge in [0, 0.05) is 26.4 Å². The van der Waals surface area contributed by atoms with Gasteiger partial charge in [-0.1, -0.05) is 37.3 Å². The van der Waals surface area contributed by atoms with Crippen LogP contribution in [-0.2, 0) is 16.1 Å². The zero-order chi connectivity index (χ0) is 16.6. The number of nitrogens with one attached hydrogen (secondary N) is 1. The third-order valence-electron chi connectivity index (χ3n) is 3.64. The van der Waals surface area contributed by atoms with Crippen LogP contribution in [0.4, 0.5) is 0 Å². The molecule has 22 heavy (non-hydrogen) atoms. The number of hydrogen-bond acceptors (Lipinski definition) is 3. The van der Waals surface area contributed by atoms with E-state index in [-0.39, 0.29) is 18.2 Å². The quantitative estimate of drug-likeness (QED) is 0.839. The first kappa shape index (κ1) is 17.7. The lowest BCUT2D eigenvalue weighted by atomic mass is 10.0. The molecule has 0 heterocycles. The topological polar surface area (TPSA) is 73.2 Å². The van der Waals surface area contributed by atoms with Crippen LogP contribution in [0.2, 0.25) is 0 Å². The van der Waals surface area contributed by atoms with Crippen LogP contribution in [0.25, 0.3) is 0 Å². The molecule has 2 amide bonds. The molecule has 1 aromatic carbocycles. The summed E-state index contributed by atoms with van der Waals surface area (Å²) < 4.78 is 0. The fourth-order valence-electron chi connectivity index (χ4n) is 1.95. The maximum atomic E-state index is 12.0. The maximum absolute atomic E-state index is 12.0. The second kappa shape index (κ2) is 8.18. The fourth-order valence-corrected chi connectivity index (χ4v) is 1.95. The molecule has 0 aliphatic heterocycles. The van der Waals surface area contributed by atoms with Crippen molar-refractivity contribution >= 4 is 11.8 Å². The molecule has 5 heteroatoms. The highest BCUT2D eigenvalue weighted by atomic mass is 16.2. The number of benzene rings is 1. The molecular weight excluding hydrogens is 278 g/mol. The lowest BCUT2D eigenvalue weighted by Gasteiger charge is -2.24. The highest BCUT2D eigenvalue weighted by Crippen LogP contribution is 2.09. The number of carbonyl (C=O) groups excluding carboxylic acids is 2. The smallest absolute Gasteiger partial charge is 0.223 e. The maximum Gasteiger partial charge on any atom is 0.223 e.